The van der Waals surface area contributed by atoms with Crippen molar-refractivity contribution in [3.8, 4) is 5.75 Å². The summed E-state index contributed by atoms with van der Waals surface area (Å²) in [5.74, 6) is 0.897. The van der Waals surface area contributed by atoms with Gasteiger partial charge in [-0.05, 0) is 56.9 Å². The van der Waals surface area contributed by atoms with Gasteiger partial charge in [0.15, 0.2) is 0 Å². The first kappa shape index (κ1) is 15.7. The normalized spacial score (nSPS) is 16.8. The van der Waals surface area contributed by atoms with Gasteiger partial charge in [0.1, 0.15) is 16.9 Å². The molecule has 1 N–H and O–H groups in total. The summed E-state index contributed by atoms with van der Waals surface area (Å²) >= 11 is 0. The highest BCUT2D eigenvalue weighted by Crippen LogP contribution is 2.42. The molecule has 1 aliphatic carbocycles. The third-order valence-corrected chi connectivity index (χ3v) is 4.51. The first-order valence-electron chi connectivity index (χ1n) is 7.97. The predicted molar refractivity (Wildman–Crippen MR) is 89.7 cm³/mol. The monoisotopic (exact) mass is 314 g/mol. The fourth-order valence-corrected chi connectivity index (χ4v) is 2.85. The SMILES string of the molecule is CCOc1ccc(NC(=O)C(C)(OC)C2CC2)c2cccnc12. The number of pyridine rings is 1. The molecule has 0 aliphatic heterocycles. The van der Waals surface area contributed by atoms with Crippen molar-refractivity contribution in [2.45, 2.75) is 32.3 Å². The molecule has 1 atom stereocenters. The van der Waals surface area contributed by atoms with E-state index in [4.69, 9.17) is 9.47 Å². The van der Waals surface area contributed by atoms with Crippen molar-refractivity contribution in [3.63, 3.8) is 0 Å². The Balaban J connectivity index is 1.94. The Morgan fingerprint density at radius 1 is 1.39 bits per heavy atom. The summed E-state index contributed by atoms with van der Waals surface area (Å²) in [5, 5.41) is 3.87. The lowest BCUT2D eigenvalue weighted by Crippen LogP contribution is -2.44. The topological polar surface area (TPSA) is 60.5 Å². The second-order valence-electron chi connectivity index (χ2n) is 5.98. The van der Waals surface area contributed by atoms with Gasteiger partial charge in [0.2, 0.25) is 0 Å². The first-order chi connectivity index (χ1) is 11.1. The highest BCUT2D eigenvalue weighted by Gasteiger charge is 2.47. The fraction of sp³-hybridized carbons (Fsp3) is 0.444. The minimum absolute atomic E-state index is 0.114. The quantitative estimate of drug-likeness (QED) is 0.888. The second kappa shape index (κ2) is 6.16. The Hall–Kier alpha value is -2.14. The summed E-state index contributed by atoms with van der Waals surface area (Å²) in [6.45, 7) is 4.36. The van der Waals surface area contributed by atoms with Gasteiger partial charge in [-0.3, -0.25) is 9.78 Å². The highest BCUT2D eigenvalue weighted by atomic mass is 16.5. The number of fused-ring (bicyclic) bond motifs is 1. The van der Waals surface area contributed by atoms with E-state index in [0.29, 0.717) is 12.5 Å². The van der Waals surface area contributed by atoms with Gasteiger partial charge in [-0.1, -0.05) is 0 Å². The lowest BCUT2D eigenvalue weighted by molar-refractivity contribution is -0.138. The lowest BCUT2D eigenvalue weighted by atomic mass is 9.98. The molecule has 2 aromatic rings. The number of hydrogen-bond acceptors (Lipinski definition) is 4. The number of carbonyl (C=O) groups excluding carboxylic acids is 1. The van der Waals surface area contributed by atoms with E-state index < -0.39 is 5.60 Å². The number of ether oxygens (including phenoxy) is 2. The minimum atomic E-state index is -0.785. The summed E-state index contributed by atoms with van der Waals surface area (Å²) in [6, 6.07) is 7.48. The van der Waals surface area contributed by atoms with Crippen LogP contribution in [0.2, 0.25) is 0 Å². The van der Waals surface area contributed by atoms with Crippen molar-refractivity contribution in [2.24, 2.45) is 5.92 Å². The number of nitrogens with zero attached hydrogens (tertiary/aromatic N) is 1. The molecule has 1 aliphatic rings. The van der Waals surface area contributed by atoms with Crippen molar-refractivity contribution < 1.29 is 14.3 Å². The molecule has 0 spiro atoms. The number of nitrogens with one attached hydrogen (secondary N) is 1. The average Bonchev–Trinajstić information content (AvgIpc) is 3.41. The maximum atomic E-state index is 12.7. The maximum absolute atomic E-state index is 12.7. The number of benzene rings is 1. The number of carbonyl (C=O) groups is 1. The Kier molecular flexibility index (Phi) is 4.22. The molecular weight excluding hydrogens is 292 g/mol. The van der Waals surface area contributed by atoms with Crippen LogP contribution in [-0.4, -0.2) is 30.2 Å². The average molecular weight is 314 g/mol. The molecule has 0 saturated heterocycles. The number of methoxy groups -OCH3 is 1. The Morgan fingerprint density at radius 3 is 2.83 bits per heavy atom. The van der Waals surface area contributed by atoms with Crippen LogP contribution in [0.5, 0.6) is 5.75 Å². The number of amides is 1. The van der Waals surface area contributed by atoms with E-state index in [0.717, 1.165) is 35.2 Å². The first-order valence-corrected chi connectivity index (χ1v) is 7.97. The van der Waals surface area contributed by atoms with Crippen LogP contribution in [-0.2, 0) is 9.53 Å². The lowest BCUT2D eigenvalue weighted by Gasteiger charge is -2.27. The summed E-state index contributed by atoms with van der Waals surface area (Å²) in [7, 11) is 1.59. The van der Waals surface area contributed by atoms with E-state index in [1.807, 2.05) is 38.1 Å². The molecule has 5 nitrogen and oxygen atoms in total. The van der Waals surface area contributed by atoms with Crippen molar-refractivity contribution in [2.75, 3.05) is 19.0 Å². The van der Waals surface area contributed by atoms with E-state index in [-0.39, 0.29) is 5.91 Å². The van der Waals surface area contributed by atoms with E-state index in [1.165, 1.54) is 0 Å². The molecule has 1 saturated carbocycles. The standard InChI is InChI=1S/C18H22N2O3/c1-4-23-15-10-9-14(13-6-5-11-19-16(13)15)20-17(21)18(2,22-3)12-7-8-12/h5-6,9-12H,4,7-8H2,1-3H3,(H,20,21). The highest BCUT2D eigenvalue weighted by molar-refractivity contribution is 6.05. The maximum Gasteiger partial charge on any atom is 0.256 e. The molecule has 1 aromatic heterocycles. The summed E-state index contributed by atoms with van der Waals surface area (Å²) in [4.78, 5) is 17.1. The number of hydrogen-bond donors (Lipinski definition) is 1. The molecule has 1 heterocycles. The largest absolute Gasteiger partial charge is 0.492 e. The van der Waals surface area contributed by atoms with E-state index in [2.05, 4.69) is 10.3 Å². The zero-order chi connectivity index (χ0) is 16.4. The summed E-state index contributed by atoms with van der Waals surface area (Å²) in [6.07, 6.45) is 3.78. The van der Waals surface area contributed by atoms with Crippen LogP contribution in [0.1, 0.15) is 26.7 Å². The Labute approximate surface area is 136 Å². The summed E-state index contributed by atoms with van der Waals surface area (Å²) in [5.41, 5.74) is 0.691. The fourth-order valence-electron chi connectivity index (χ4n) is 2.85. The van der Waals surface area contributed by atoms with Crippen molar-refractivity contribution in [1.82, 2.24) is 4.98 Å². The van der Waals surface area contributed by atoms with E-state index in [9.17, 15) is 4.79 Å². The zero-order valence-corrected chi connectivity index (χ0v) is 13.8. The van der Waals surface area contributed by atoms with E-state index >= 15 is 0 Å². The molecular formula is C18H22N2O3. The molecule has 1 aromatic carbocycles. The van der Waals surface area contributed by atoms with E-state index in [1.54, 1.807) is 13.3 Å². The van der Waals surface area contributed by atoms with Crippen LogP contribution in [0.3, 0.4) is 0 Å². The molecule has 0 radical (unpaired) electrons. The molecule has 1 amide bonds. The number of anilines is 1. The van der Waals surface area contributed by atoms with Crippen LogP contribution in [0.4, 0.5) is 5.69 Å². The second-order valence-corrected chi connectivity index (χ2v) is 5.98. The molecule has 3 rings (SSSR count). The smallest absolute Gasteiger partial charge is 0.256 e. The van der Waals surface area contributed by atoms with Gasteiger partial charge in [0.05, 0.1) is 12.3 Å². The number of rotatable bonds is 6. The van der Waals surface area contributed by atoms with Gasteiger partial charge in [-0.25, -0.2) is 0 Å². The van der Waals surface area contributed by atoms with Crippen molar-refractivity contribution in [1.29, 1.82) is 0 Å². The third kappa shape index (κ3) is 2.88. The van der Waals surface area contributed by atoms with Gasteiger partial charge in [-0.15, -0.1) is 0 Å². The Morgan fingerprint density at radius 2 is 2.17 bits per heavy atom. The van der Waals surface area contributed by atoms with Gasteiger partial charge in [0.25, 0.3) is 5.91 Å². The molecule has 1 unspecified atom stereocenters. The van der Waals surface area contributed by atoms with Gasteiger partial charge in [0, 0.05) is 18.7 Å². The third-order valence-electron chi connectivity index (χ3n) is 4.51. The van der Waals surface area contributed by atoms with Crippen LogP contribution in [0.25, 0.3) is 10.9 Å². The minimum Gasteiger partial charge on any atom is -0.492 e. The molecule has 122 valence electrons. The zero-order valence-electron chi connectivity index (χ0n) is 13.8. The van der Waals surface area contributed by atoms with Gasteiger partial charge in [-0.2, -0.15) is 0 Å². The molecule has 5 heteroatoms. The van der Waals surface area contributed by atoms with Gasteiger partial charge >= 0.3 is 0 Å². The number of aromatic nitrogens is 1. The molecule has 1 fully saturated rings. The molecule has 0 bridgehead atoms. The van der Waals surface area contributed by atoms with Crippen LogP contribution in [0, 0.1) is 5.92 Å². The summed E-state index contributed by atoms with van der Waals surface area (Å²) < 4.78 is 11.1. The van der Waals surface area contributed by atoms with Crippen molar-refractivity contribution >= 4 is 22.5 Å². The Bertz CT molecular complexity index is 727. The van der Waals surface area contributed by atoms with Gasteiger partial charge < -0.3 is 14.8 Å². The predicted octanol–water partition coefficient (Wildman–Crippen LogP) is 3.39. The van der Waals surface area contributed by atoms with Crippen molar-refractivity contribution in [3.05, 3.63) is 30.5 Å². The van der Waals surface area contributed by atoms with Crippen LogP contribution in [0.15, 0.2) is 30.5 Å². The molecule has 23 heavy (non-hydrogen) atoms. The van der Waals surface area contributed by atoms with Crippen LogP contribution >= 0.6 is 0 Å². The van der Waals surface area contributed by atoms with Crippen LogP contribution < -0.4 is 10.1 Å².